The van der Waals surface area contributed by atoms with Crippen LogP contribution in [0.1, 0.15) is 36.0 Å². The van der Waals surface area contributed by atoms with Crippen molar-refractivity contribution in [2.24, 2.45) is 5.73 Å². The molecule has 1 aromatic heterocycles. The van der Waals surface area contributed by atoms with E-state index in [1.807, 2.05) is 0 Å². The van der Waals surface area contributed by atoms with Gasteiger partial charge in [-0.1, -0.05) is 12.8 Å². The molecule has 1 aromatic rings. The summed E-state index contributed by atoms with van der Waals surface area (Å²) in [6, 6.07) is -0.622. The van der Waals surface area contributed by atoms with Crippen LogP contribution in [0.2, 0.25) is 0 Å². The van der Waals surface area contributed by atoms with E-state index in [4.69, 9.17) is 10.8 Å². The lowest BCUT2D eigenvalue weighted by molar-refractivity contribution is 0.0692. The number of hydrogen-bond acceptors (Lipinski definition) is 5. The van der Waals surface area contributed by atoms with Crippen molar-refractivity contribution in [2.75, 3.05) is 0 Å². The highest BCUT2D eigenvalue weighted by molar-refractivity contribution is 7.89. The van der Waals surface area contributed by atoms with Crippen molar-refractivity contribution in [2.45, 2.75) is 42.8 Å². The quantitative estimate of drug-likeness (QED) is 0.597. The van der Waals surface area contributed by atoms with Crippen LogP contribution in [0.3, 0.4) is 0 Å². The molecule has 2 unspecified atom stereocenters. The second-order valence-corrected chi connectivity index (χ2v) is 6.24. The molecule has 0 radical (unpaired) electrons. The number of nitrogens with one attached hydrogen (secondary N) is 2. The first-order valence-corrected chi connectivity index (χ1v) is 7.44. The zero-order chi connectivity index (χ0) is 14.0. The van der Waals surface area contributed by atoms with Crippen molar-refractivity contribution >= 4 is 16.0 Å². The van der Waals surface area contributed by atoms with E-state index >= 15 is 0 Å². The first-order chi connectivity index (χ1) is 8.92. The molecule has 8 nitrogen and oxygen atoms in total. The van der Waals surface area contributed by atoms with Crippen molar-refractivity contribution < 1.29 is 18.3 Å². The highest BCUT2D eigenvalue weighted by Crippen LogP contribution is 2.20. The summed E-state index contributed by atoms with van der Waals surface area (Å²) in [5.41, 5.74) is 5.49. The second-order valence-electron chi connectivity index (χ2n) is 4.59. The number of sulfonamides is 1. The number of nitrogens with two attached hydrogens (primary N) is 1. The van der Waals surface area contributed by atoms with Crippen LogP contribution >= 0.6 is 0 Å². The van der Waals surface area contributed by atoms with Crippen molar-refractivity contribution in [3.8, 4) is 0 Å². The fourth-order valence-electron chi connectivity index (χ4n) is 2.20. The van der Waals surface area contributed by atoms with Crippen molar-refractivity contribution in [1.29, 1.82) is 0 Å². The Balaban J connectivity index is 2.22. The maximum atomic E-state index is 12.1. The molecule has 0 aliphatic heterocycles. The molecule has 1 aliphatic rings. The number of aromatic nitrogens is 2. The molecule has 19 heavy (non-hydrogen) atoms. The summed E-state index contributed by atoms with van der Waals surface area (Å²) in [6.45, 7) is 0. The number of aromatic carboxylic acids is 1. The predicted octanol–water partition coefficient (Wildman–Crippen LogP) is -0.344. The molecule has 0 bridgehead atoms. The minimum absolute atomic E-state index is 0.250. The van der Waals surface area contributed by atoms with Gasteiger partial charge < -0.3 is 10.8 Å². The van der Waals surface area contributed by atoms with E-state index in [0.29, 0.717) is 6.42 Å². The van der Waals surface area contributed by atoms with E-state index < -0.39 is 21.0 Å². The van der Waals surface area contributed by atoms with Gasteiger partial charge in [-0.05, 0) is 12.8 Å². The second kappa shape index (κ2) is 5.27. The Morgan fingerprint density at radius 1 is 1.47 bits per heavy atom. The van der Waals surface area contributed by atoms with E-state index in [1.165, 1.54) is 0 Å². The number of carbonyl (C=O) groups is 1. The molecule has 106 valence electrons. The fourth-order valence-corrected chi connectivity index (χ4v) is 3.61. The van der Waals surface area contributed by atoms with Crippen LogP contribution in [0.4, 0.5) is 0 Å². The topological polar surface area (TPSA) is 138 Å². The molecule has 1 heterocycles. The van der Waals surface area contributed by atoms with Gasteiger partial charge in [-0.2, -0.15) is 5.10 Å². The summed E-state index contributed by atoms with van der Waals surface area (Å²) in [6.07, 6.45) is 4.25. The normalized spacial score (nSPS) is 24.3. The number of carboxylic acids is 1. The summed E-state index contributed by atoms with van der Waals surface area (Å²) in [5, 5.41) is 14.1. The number of rotatable bonds is 4. The molecule has 0 spiro atoms. The lowest BCUT2D eigenvalue weighted by Gasteiger charge is -2.28. The molecule has 0 amide bonds. The maximum absolute atomic E-state index is 12.1. The van der Waals surface area contributed by atoms with E-state index in [0.717, 1.165) is 25.5 Å². The minimum atomic E-state index is -3.95. The lowest BCUT2D eigenvalue weighted by atomic mass is 9.92. The van der Waals surface area contributed by atoms with Gasteiger partial charge in [0.1, 0.15) is 5.56 Å². The lowest BCUT2D eigenvalue weighted by Crippen LogP contribution is -2.49. The number of H-pyrrole nitrogens is 1. The van der Waals surface area contributed by atoms with Gasteiger partial charge in [0.25, 0.3) is 10.0 Å². The number of aromatic amines is 1. The Hall–Kier alpha value is -1.45. The van der Waals surface area contributed by atoms with Crippen molar-refractivity contribution in [3.05, 3.63) is 11.8 Å². The first kappa shape index (κ1) is 14.0. The average molecular weight is 288 g/mol. The molecule has 0 saturated heterocycles. The number of carboxylic acid groups (broad SMARTS) is 1. The zero-order valence-corrected chi connectivity index (χ0v) is 11.0. The van der Waals surface area contributed by atoms with Gasteiger partial charge in [0.05, 0.1) is 6.20 Å². The fraction of sp³-hybridized carbons (Fsp3) is 0.600. The van der Waals surface area contributed by atoms with Gasteiger partial charge in [-0.15, -0.1) is 0 Å². The van der Waals surface area contributed by atoms with Crippen LogP contribution in [-0.4, -0.2) is 41.8 Å². The van der Waals surface area contributed by atoms with E-state index in [-0.39, 0.29) is 17.6 Å². The summed E-state index contributed by atoms with van der Waals surface area (Å²) >= 11 is 0. The summed E-state index contributed by atoms with van der Waals surface area (Å²) in [7, 11) is -3.95. The van der Waals surface area contributed by atoms with Gasteiger partial charge in [0.15, 0.2) is 5.03 Å². The van der Waals surface area contributed by atoms with E-state index in [9.17, 15) is 13.2 Å². The molecule has 0 aromatic carbocycles. The Morgan fingerprint density at radius 2 is 2.16 bits per heavy atom. The monoisotopic (exact) mass is 288 g/mol. The summed E-state index contributed by atoms with van der Waals surface area (Å²) < 4.78 is 26.7. The molecular formula is C10H16N4O4S. The van der Waals surface area contributed by atoms with Crippen LogP contribution in [0.25, 0.3) is 0 Å². The molecular weight excluding hydrogens is 272 g/mol. The zero-order valence-electron chi connectivity index (χ0n) is 10.2. The third-order valence-corrected chi connectivity index (χ3v) is 4.69. The first-order valence-electron chi connectivity index (χ1n) is 5.96. The van der Waals surface area contributed by atoms with Crippen molar-refractivity contribution in [3.63, 3.8) is 0 Å². The molecule has 1 fully saturated rings. The maximum Gasteiger partial charge on any atom is 0.340 e. The van der Waals surface area contributed by atoms with Crippen LogP contribution in [0, 0.1) is 0 Å². The number of nitrogens with zero attached hydrogens (tertiary/aromatic N) is 1. The highest BCUT2D eigenvalue weighted by Gasteiger charge is 2.30. The molecule has 2 atom stereocenters. The largest absolute Gasteiger partial charge is 0.478 e. The molecule has 9 heteroatoms. The van der Waals surface area contributed by atoms with Crippen LogP contribution < -0.4 is 10.5 Å². The number of hydrogen-bond donors (Lipinski definition) is 4. The summed E-state index contributed by atoms with van der Waals surface area (Å²) in [4.78, 5) is 10.9. The van der Waals surface area contributed by atoms with Gasteiger partial charge in [0.2, 0.25) is 0 Å². The Kier molecular flexibility index (Phi) is 3.88. The Bertz CT molecular complexity index is 568. The van der Waals surface area contributed by atoms with Crippen LogP contribution in [-0.2, 0) is 10.0 Å². The molecule has 1 aliphatic carbocycles. The van der Waals surface area contributed by atoms with Crippen LogP contribution in [0.5, 0.6) is 0 Å². The third-order valence-electron chi connectivity index (χ3n) is 3.23. The van der Waals surface area contributed by atoms with Gasteiger partial charge in [0, 0.05) is 12.1 Å². The van der Waals surface area contributed by atoms with Crippen LogP contribution in [0.15, 0.2) is 11.2 Å². The average Bonchev–Trinajstić information content (AvgIpc) is 2.82. The molecule has 1 saturated carbocycles. The van der Waals surface area contributed by atoms with Gasteiger partial charge in [-0.25, -0.2) is 17.9 Å². The molecule has 5 N–H and O–H groups in total. The third kappa shape index (κ3) is 2.94. The Labute approximate surface area is 110 Å². The smallest absolute Gasteiger partial charge is 0.340 e. The molecule has 2 rings (SSSR count). The van der Waals surface area contributed by atoms with E-state index in [1.54, 1.807) is 0 Å². The van der Waals surface area contributed by atoms with Gasteiger partial charge >= 0.3 is 5.97 Å². The Morgan fingerprint density at radius 3 is 2.79 bits per heavy atom. The predicted molar refractivity (Wildman–Crippen MR) is 66.1 cm³/mol. The minimum Gasteiger partial charge on any atom is -0.478 e. The van der Waals surface area contributed by atoms with Crippen molar-refractivity contribution in [1.82, 2.24) is 14.9 Å². The highest BCUT2D eigenvalue weighted by atomic mass is 32.2. The van der Waals surface area contributed by atoms with E-state index in [2.05, 4.69) is 14.9 Å². The SMILES string of the molecule is NC1CCCCC1NS(=O)(=O)c1[nH]ncc1C(=O)O. The van der Waals surface area contributed by atoms with Gasteiger partial charge in [-0.3, -0.25) is 5.10 Å². The standard InChI is InChI=1S/C10H16N4O4S/c11-7-3-1-2-4-8(7)14-19(17,18)9-6(10(15)16)5-12-13-9/h5,7-8,14H,1-4,11H2,(H,12,13)(H,15,16). The summed E-state index contributed by atoms with van der Waals surface area (Å²) in [5.74, 6) is -1.35.